The highest BCUT2D eigenvalue weighted by Gasteiger charge is 2.37. The Hall–Kier alpha value is -2.77. The first-order valence-electron chi connectivity index (χ1n) is 8.27. The molecule has 1 aromatic heterocycles. The van der Waals surface area contributed by atoms with Crippen molar-refractivity contribution in [1.29, 1.82) is 0 Å². The molecule has 29 heavy (non-hydrogen) atoms. The van der Waals surface area contributed by atoms with E-state index in [0.29, 0.717) is 10.6 Å². The highest BCUT2D eigenvalue weighted by molar-refractivity contribution is 6.42. The molecule has 0 unspecified atom stereocenters. The third-order valence-corrected chi connectivity index (χ3v) is 4.58. The van der Waals surface area contributed by atoms with Crippen molar-refractivity contribution >= 4 is 29.1 Å². The van der Waals surface area contributed by atoms with Gasteiger partial charge in [0, 0.05) is 12.7 Å². The lowest BCUT2D eigenvalue weighted by molar-refractivity contribution is -0.138. The van der Waals surface area contributed by atoms with Gasteiger partial charge >= 0.3 is 6.18 Å². The summed E-state index contributed by atoms with van der Waals surface area (Å²) in [5.74, 6) is -1.18. The number of halogens is 5. The van der Waals surface area contributed by atoms with E-state index in [1.165, 1.54) is 12.1 Å². The van der Waals surface area contributed by atoms with Gasteiger partial charge in [-0.3, -0.25) is 4.79 Å². The standard InChI is InChI=1S/C20H13Cl2F3N2O2/c21-15-7-6-12(10-16(15)22)11-27-18(28)17-14(20(23,24)25)8-9-26-19(17)29-13-4-2-1-3-5-13/h1-10H,11H2,(H,27,28). The van der Waals surface area contributed by atoms with Crippen LogP contribution in [0.3, 0.4) is 0 Å². The fourth-order valence-corrected chi connectivity index (χ4v) is 2.82. The Morgan fingerprint density at radius 1 is 1.03 bits per heavy atom. The molecule has 0 radical (unpaired) electrons. The zero-order chi connectivity index (χ0) is 21.0. The molecule has 0 aliphatic rings. The van der Waals surface area contributed by atoms with Crippen LogP contribution in [0.15, 0.2) is 60.8 Å². The van der Waals surface area contributed by atoms with E-state index in [0.717, 1.165) is 12.3 Å². The first-order chi connectivity index (χ1) is 13.8. The van der Waals surface area contributed by atoms with Crippen LogP contribution in [0.1, 0.15) is 21.5 Å². The minimum atomic E-state index is -4.77. The molecule has 0 bridgehead atoms. The van der Waals surface area contributed by atoms with Crippen molar-refractivity contribution in [2.24, 2.45) is 0 Å². The van der Waals surface area contributed by atoms with E-state index in [1.807, 2.05) is 0 Å². The number of nitrogens with zero attached hydrogens (tertiary/aromatic N) is 1. The topological polar surface area (TPSA) is 51.2 Å². The van der Waals surface area contributed by atoms with E-state index in [9.17, 15) is 18.0 Å². The Labute approximate surface area is 174 Å². The molecule has 0 saturated heterocycles. The number of aromatic nitrogens is 1. The van der Waals surface area contributed by atoms with Crippen LogP contribution in [0.25, 0.3) is 0 Å². The minimum Gasteiger partial charge on any atom is -0.438 e. The van der Waals surface area contributed by atoms with Crippen molar-refractivity contribution in [2.45, 2.75) is 12.7 Å². The summed E-state index contributed by atoms with van der Waals surface area (Å²) >= 11 is 11.8. The third kappa shape index (κ3) is 5.19. The molecular weight excluding hydrogens is 428 g/mol. The molecule has 2 aromatic carbocycles. The number of amides is 1. The summed E-state index contributed by atoms with van der Waals surface area (Å²) < 4.78 is 45.9. The van der Waals surface area contributed by atoms with Gasteiger partial charge in [-0.15, -0.1) is 0 Å². The fraction of sp³-hybridized carbons (Fsp3) is 0.100. The van der Waals surface area contributed by atoms with Gasteiger partial charge in [-0.25, -0.2) is 4.98 Å². The maximum atomic E-state index is 13.5. The minimum absolute atomic E-state index is 0.0628. The van der Waals surface area contributed by atoms with Gasteiger partial charge < -0.3 is 10.1 Å². The number of rotatable bonds is 5. The van der Waals surface area contributed by atoms with Gasteiger partial charge in [0.1, 0.15) is 11.3 Å². The van der Waals surface area contributed by atoms with Crippen LogP contribution in [0.2, 0.25) is 10.0 Å². The number of carbonyl (C=O) groups excluding carboxylic acids is 1. The third-order valence-electron chi connectivity index (χ3n) is 3.84. The lowest BCUT2D eigenvalue weighted by Gasteiger charge is -2.16. The van der Waals surface area contributed by atoms with Crippen LogP contribution in [0.4, 0.5) is 13.2 Å². The van der Waals surface area contributed by atoms with Crippen LogP contribution in [-0.2, 0) is 12.7 Å². The molecule has 1 heterocycles. The first kappa shape index (κ1) is 21.0. The SMILES string of the molecule is O=C(NCc1ccc(Cl)c(Cl)c1)c1c(C(F)(F)F)ccnc1Oc1ccccc1. The van der Waals surface area contributed by atoms with E-state index in [2.05, 4.69) is 10.3 Å². The number of benzene rings is 2. The predicted molar refractivity (Wildman–Crippen MR) is 103 cm³/mol. The van der Waals surface area contributed by atoms with Crippen LogP contribution in [0, 0.1) is 0 Å². The maximum Gasteiger partial charge on any atom is 0.417 e. The number of hydrogen-bond donors (Lipinski definition) is 1. The zero-order valence-corrected chi connectivity index (χ0v) is 16.1. The molecule has 9 heteroatoms. The Bertz CT molecular complexity index is 1030. The number of ether oxygens (including phenoxy) is 1. The molecule has 4 nitrogen and oxygen atoms in total. The summed E-state index contributed by atoms with van der Waals surface area (Å²) in [5.41, 5.74) is -1.29. The highest BCUT2D eigenvalue weighted by atomic mass is 35.5. The normalized spacial score (nSPS) is 11.2. The van der Waals surface area contributed by atoms with Crippen molar-refractivity contribution in [1.82, 2.24) is 10.3 Å². The van der Waals surface area contributed by atoms with Gasteiger partial charge in [0.15, 0.2) is 0 Å². The molecule has 0 atom stereocenters. The molecule has 150 valence electrons. The van der Waals surface area contributed by atoms with E-state index in [-0.39, 0.29) is 17.3 Å². The van der Waals surface area contributed by atoms with Crippen molar-refractivity contribution in [2.75, 3.05) is 0 Å². The molecule has 0 fully saturated rings. The first-order valence-corrected chi connectivity index (χ1v) is 9.02. The van der Waals surface area contributed by atoms with E-state index < -0.39 is 29.1 Å². The smallest absolute Gasteiger partial charge is 0.417 e. The van der Waals surface area contributed by atoms with Crippen LogP contribution < -0.4 is 10.1 Å². The molecule has 3 rings (SSSR count). The summed E-state index contributed by atoms with van der Waals surface area (Å²) in [6, 6.07) is 13.5. The lowest BCUT2D eigenvalue weighted by atomic mass is 10.1. The van der Waals surface area contributed by atoms with Gasteiger partial charge in [0.25, 0.3) is 5.91 Å². The summed E-state index contributed by atoms with van der Waals surface area (Å²) in [7, 11) is 0. The predicted octanol–water partition coefficient (Wildman–Crippen LogP) is 6.13. The number of pyridine rings is 1. The van der Waals surface area contributed by atoms with Crippen molar-refractivity contribution in [3.05, 3.63) is 87.5 Å². The van der Waals surface area contributed by atoms with Crippen molar-refractivity contribution in [3.8, 4) is 11.6 Å². The summed E-state index contributed by atoms with van der Waals surface area (Å²) in [5, 5.41) is 3.03. The molecule has 1 amide bonds. The molecule has 0 spiro atoms. The fourth-order valence-electron chi connectivity index (χ4n) is 2.50. The molecule has 3 aromatic rings. The van der Waals surface area contributed by atoms with Gasteiger partial charge in [0.2, 0.25) is 5.88 Å². The second-order valence-corrected chi connectivity index (χ2v) is 6.70. The highest BCUT2D eigenvalue weighted by Crippen LogP contribution is 2.36. The number of para-hydroxylation sites is 1. The number of nitrogens with one attached hydrogen (secondary N) is 1. The van der Waals surface area contributed by atoms with Gasteiger partial charge in [-0.1, -0.05) is 47.5 Å². The maximum absolute atomic E-state index is 13.5. The molecule has 1 N–H and O–H groups in total. The van der Waals surface area contributed by atoms with Crippen LogP contribution in [0.5, 0.6) is 11.6 Å². The van der Waals surface area contributed by atoms with E-state index in [4.69, 9.17) is 27.9 Å². The largest absolute Gasteiger partial charge is 0.438 e. The Kier molecular flexibility index (Phi) is 6.30. The average Bonchev–Trinajstić information content (AvgIpc) is 2.68. The molecule has 0 aliphatic carbocycles. The van der Waals surface area contributed by atoms with E-state index in [1.54, 1.807) is 36.4 Å². The van der Waals surface area contributed by atoms with Gasteiger partial charge in [-0.2, -0.15) is 13.2 Å². The number of carbonyl (C=O) groups is 1. The number of hydrogen-bond acceptors (Lipinski definition) is 3. The van der Waals surface area contributed by atoms with Gasteiger partial charge in [-0.05, 0) is 35.9 Å². The Morgan fingerprint density at radius 3 is 2.41 bits per heavy atom. The second kappa shape index (κ2) is 8.71. The summed E-state index contributed by atoms with van der Waals surface area (Å²) in [4.78, 5) is 16.5. The van der Waals surface area contributed by atoms with Gasteiger partial charge in [0.05, 0.1) is 15.6 Å². The van der Waals surface area contributed by atoms with Crippen LogP contribution in [-0.4, -0.2) is 10.9 Å². The Morgan fingerprint density at radius 2 is 1.76 bits per heavy atom. The quantitative estimate of drug-likeness (QED) is 0.519. The summed E-state index contributed by atoms with van der Waals surface area (Å²) in [6.07, 6.45) is -3.83. The average molecular weight is 441 g/mol. The van der Waals surface area contributed by atoms with Crippen LogP contribution >= 0.6 is 23.2 Å². The molecule has 0 saturated carbocycles. The lowest BCUT2D eigenvalue weighted by Crippen LogP contribution is -2.27. The molecular formula is C20H13Cl2F3N2O2. The van der Waals surface area contributed by atoms with Crippen molar-refractivity contribution < 1.29 is 22.7 Å². The number of alkyl halides is 3. The van der Waals surface area contributed by atoms with Crippen molar-refractivity contribution in [3.63, 3.8) is 0 Å². The monoisotopic (exact) mass is 440 g/mol. The summed E-state index contributed by atoms with van der Waals surface area (Å²) in [6.45, 7) is -0.0628. The Balaban J connectivity index is 1.92. The second-order valence-electron chi connectivity index (χ2n) is 5.88. The molecule has 0 aliphatic heterocycles. The zero-order valence-electron chi connectivity index (χ0n) is 14.6. The van der Waals surface area contributed by atoms with E-state index >= 15 is 0 Å².